The first kappa shape index (κ1) is 19.7. The summed E-state index contributed by atoms with van der Waals surface area (Å²) in [5.74, 6) is 0.341. The van der Waals surface area contributed by atoms with Gasteiger partial charge < -0.3 is 10.1 Å². The van der Waals surface area contributed by atoms with Gasteiger partial charge in [-0.15, -0.1) is 10.2 Å². The van der Waals surface area contributed by atoms with E-state index in [1.54, 1.807) is 12.1 Å². The predicted molar refractivity (Wildman–Crippen MR) is 103 cm³/mol. The van der Waals surface area contributed by atoms with Crippen LogP contribution >= 0.6 is 23.4 Å². The highest BCUT2D eigenvalue weighted by Gasteiger charge is 2.22. The quantitative estimate of drug-likeness (QED) is 0.710. The Hall–Kier alpha value is -2.10. The molecule has 0 aliphatic carbocycles. The van der Waals surface area contributed by atoms with Gasteiger partial charge in [0, 0.05) is 24.2 Å². The van der Waals surface area contributed by atoms with Gasteiger partial charge in [0.2, 0.25) is 5.91 Å². The number of rotatable bonds is 6. The van der Waals surface area contributed by atoms with Crippen molar-refractivity contribution in [1.82, 2.24) is 25.4 Å². The van der Waals surface area contributed by atoms with Crippen molar-refractivity contribution in [2.24, 2.45) is 0 Å². The topological polar surface area (TPSA) is 98.1 Å². The van der Waals surface area contributed by atoms with Crippen LogP contribution < -0.4 is 10.6 Å². The summed E-state index contributed by atoms with van der Waals surface area (Å²) in [5, 5.41) is 14.3. The fraction of sp³-hybridized carbons (Fsp3) is 0.412. The smallest absolute Gasteiger partial charge is 0.321 e. The lowest BCUT2D eigenvalue weighted by atomic mass is 10.2. The van der Waals surface area contributed by atoms with Crippen LogP contribution in [0.3, 0.4) is 0 Å². The van der Waals surface area contributed by atoms with Gasteiger partial charge in [-0.3, -0.25) is 14.7 Å². The first-order valence-corrected chi connectivity index (χ1v) is 9.88. The van der Waals surface area contributed by atoms with Crippen molar-refractivity contribution >= 4 is 35.3 Å². The van der Waals surface area contributed by atoms with E-state index in [4.69, 9.17) is 16.3 Å². The maximum atomic E-state index is 11.9. The number of imide groups is 1. The van der Waals surface area contributed by atoms with Crippen molar-refractivity contribution in [1.29, 1.82) is 0 Å². The molecule has 1 saturated heterocycles. The second-order valence-electron chi connectivity index (χ2n) is 5.97. The fourth-order valence-corrected chi connectivity index (χ4v) is 3.59. The normalized spacial score (nSPS) is 16.3. The van der Waals surface area contributed by atoms with Crippen LogP contribution in [0.1, 0.15) is 12.8 Å². The molecule has 2 aromatic rings. The lowest BCUT2D eigenvalue weighted by Crippen LogP contribution is -2.38. The Balaban J connectivity index is 1.78. The number of urea groups is 1. The van der Waals surface area contributed by atoms with E-state index in [9.17, 15) is 9.59 Å². The van der Waals surface area contributed by atoms with Crippen molar-refractivity contribution in [2.45, 2.75) is 30.6 Å². The molecular formula is C17H20ClN5O3S. The molecule has 2 heterocycles. The van der Waals surface area contributed by atoms with Crippen LogP contribution in [-0.2, 0) is 16.1 Å². The maximum absolute atomic E-state index is 11.9. The molecule has 3 amide bonds. The minimum atomic E-state index is -0.539. The highest BCUT2D eigenvalue weighted by molar-refractivity contribution is 7.99. The molecule has 0 bridgehead atoms. The number of carbonyl (C=O) groups is 2. The SMILES string of the molecule is CNC(=O)NC(=O)CSc1nnc(-c2ccc(Cl)cc2)n1C[C@@H]1CCCO1. The standard InChI is InChI=1S/C17H20ClN5O3S/c1-19-16(25)20-14(24)10-27-17-22-21-15(11-4-6-12(18)7-5-11)23(17)9-13-3-2-8-26-13/h4-7,13H,2-3,8-10H2,1H3,(H2,19,20,24,25)/t13-/m0/s1. The Morgan fingerprint density at radius 3 is 2.78 bits per heavy atom. The highest BCUT2D eigenvalue weighted by atomic mass is 35.5. The van der Waals surface area contributed by atoms with E-state index < -0.39 is 11.9 Å². The number of halogens is 1. The zero-order valence-corrected chi connectivity index (χ0v) is 16.3. The Bertz CT molecular complexity index is 805. The van der Waals surface area contributed by atoms with Gasteiger partial charge in [0.1, 0.15) is 0 Å². The summed E-state index contributed by atoms with van der Waals surface area (Å²) in [5.41, 5.74) is 0.881. The summed E-state index contributed by atoms with van der Waals surface area (Å²) < 4.78 is 7.70. The summed E-state index contributed by atoms with van der Waals surface area (Å²) >= 11 is 7.20. The summed E-state index contributed by atoms with van der Waals surface area (Å²) in [7, 11) is 1.45. The number of carbonyl (C=O) groups excluding carboxylic acids is 2. The number of hydrogen-bond acceptors (Lipinski definition) is 6. The molecule has 27 heavy (non-hydrogen) atoms. The summed E-state index contributed by atoms with van der Waals surface area (Å²) in [6.45, 7) is 1.35. The maximum Gasteiger partial charge on any atom is 0.321 e. The first-order valence-electron chi connectivity index (χ1n) is 8.52. The van der Waals surface area contributed by atoms with Gasteiger partial charge in [-0.05, 0) is 37.1 Å². The molecule has 1 aromatic heterocycles. The fourth-order valence-electron chi connectivity index (χ4n) is 2.72. The van der Waals surface area contributed by atoms with Crippen LogP contribution in [-0.4, -0.2) is 52.2 Å². The van der Waals surface area contributed by atoms with Crippen LogP contribution in [0.5, 0.6) is 0 Å². The molecule has 0 radical (unpaired) electrons. The molecule has 1 fully saturated rings. The average molecular weight is 410 g/mol. The van der Waals surface area contributed by atoms with Gasteiger partial charge in [-0.1, -0.05) is 23.4 Å². The Kier molecular flexibility index (Phi) is 6.70. The van der Waals surface area contributed by atoms with Gasteiger partial charge in [0.25, 0.3) is 0 Å². The van der Waals surface area contributed by atoms with E-state index >= 15 is 0 Å². The molecule has 1 aliphatic heterocycles. The molecule has 0 saturated carbocycles. The molecule has 1 atom stereocenters. The highest BCUT2D eigenvalue weighted by Crippen LogP contribution is 2.27. The number of benzene rings is 1. The minimum absolute atomic E-state index is 0.0533. The second kappa shape index (κ2) is 9.20. The van der Waals surface area contributed by atoms with Crippen molar-refractivity contribution < 1.29 is 14.3 Å². The third kappa shape index (κ3) is 5.21. The summed E-state index contributed by atoms with van der Waals surface area (Å²) in [4.78, 5) is 23.1. The summed E-state index contributed by atoms with van der Waals surface area (Å²) in [6.07, 6.45) is 2.09. The molecule has 0 spiro atoms. The Labute approximate surface area is 166 Å². The molecule has 8 nitrogen and oxygen atoms in total. The van der Waals surface area contributed by atoms with E-state index in [2.05, 4.69) is 20.8 Å². The third-order valence-electron chi connectivity index (χ3n) is 4.04. The van der Waals surface area contributed by atoms with Gasteiger partial charge >= 0.3 is 6.03 Å². The molecular weight excluding hydrogens is 390 g/mol. The second-order valence-corrected chi connectivity index (χ2v) is 7.35. The average Bonchev–Trinajstić information content (AvgIpc) is 3.31. The van der Waals surface area contributed by atoms with Crippen molar-refractivity contribution in [3.8, 4) is 11.4 Å². The van der Waals surface area contributed by atoms with E-state index in [0.717, 1.165) is 25.0 Å². The van der Waals surface area contributed by atoms with Gasteiger partial charge in [0.05, 0.1) is 18.4 Å². The zero-order chi connectivity index (χ0) is 19.2. The number of nitrogens with zero attached hydrogens (tertiary/aromatic N) is 3. The van der Waals surface area contributed by atoms with Crippen LogP contribution in [0.4, 0.5) is 4.79 Å². The number of aromatic nitrogens is 3. The van der Waals surface area contributed by atoms with Crippen molar-refractivity contribution in [3.63, 3.8) is 0 Å². The monoisotopic (exact) mass is 409 g/mol. The summed E-state index contributed by atoms with van der Waals surface area (Å²) in [6, 6.07) is 6.82. The number of hydrogen-bond donors (Lipinski definition) is 2. The number of ether oxygens (including phenoxy) is 1. The predicted octanol–water partition coefficient (Wildman–Crippen LogP) is 2.33. The largest absolute Gasteiger partial charge is 0.376 e. The third-order valence-corrected chi connectivity index (χ3v) is 5.26. The van der Waals surface area contributed by atoms with E-state index in [1.807, 2.05) is 16.7 Å². The first-order chi connectivity index (χ1) is 13.1. The zero-order valence-electron chi connectivity index (χ0n) is 14.8. The molecule has 2 N–H and O–H groups in total. The van der Waals surface area contributed by atoms with E-state index in [-0.39, 0.29) is 11.9 Å². The Morgan fingerprint density at radius 2 is 2.11 bits per heavy atom. The van der Waals surface area contributed by atoms with Crippen molar-refractivity contribution in [3.05, 3.63) is 29.3 Å². The van der Waals surface area contributed by atoms with Crippen molar-refractivity contribution in [2.75, 3.05) is 19.4 Å². The van der Waals surface area contributed by atoms with Crippen LogP contribution in [0.15, 0.2) is 29.4 Å². The van der Waals surface area contributed by atoms with Crippen LogP contribution in [0.25, 0.3) is 11.4 Å². The minimum Gasteiger partial charge on any atom is -0.376 e. The van der Waals surface area contributed by atoms with Gasteiger partial charge in [0.15, 0.2) is 11.0 Å². The number of amides is 3. The number of thioether (sulfide) groups is 1. The van der Waals surface area contributed by atoms with E-state index in [0.29, 0.717) is 22.5 Å². The van der Waals surface area contributed by atoms with Crippen LogP contribution in [0, 0.1) is 0 Å². The molecule has 0 unspecified atom stereocenters. The molecule has 1 aliphatic rings. The lowest BCUT2D eigenvalue weighted by molar-refractivity contribution is -0.117. The number of nitrogens with one attached hydrogen (secondary N) is 2. The van der Waals surface area contributed by atoms with E-state index in [1.165, 1.54) is 18.8 Å². The van der Waals surface area contributed by atoms with Gasteiger partial charge in [-0.2, -0.15) is 0 Å². The molecule has 144 valence electrons. The molecule has 3 rings (SSSR count). The molecule has 10 heteroatoms. The van der Waals surface area contributed by atoms with Crippen LogP contribution in [0.2, 0.25) is 5.02 Å². The lowest BCUT2D eigenvalue weighted by Gasteiger charge is -2.14. The molecule has 1 aromatic carbocycles. The Morgan fingerprint density at radius 1 is 1.33 bits per heavy atom. The van der Waals surface area contributed by atoms with Gasteiger partial charge in [-0.25, -0.2) is 4.79 Å².